The molecular weight excluding hydrogens is 254 g/mol. The highest BCUT2D eigenvalue weighted by atomic mass is 16.5. The maximum atomic E-state index is 5.72. The lowest BCUT2D eigenvalue weighted by atomic mass is 10.1. The van der Waals surface area contributed by atoms with Crippen molar-refractivity contribution >= 4 is 5.96 Å². The fourth-order valence-corrected chi connectivity index (χ4v) is 2.11. The molecule has 0 spiro atoms. The summed E-state index contributed by atoms with van der Waals surface area (Å²) in [6.45, 7) is 8.75. The first-order chi connectivity index (χ1) is 9.72. The number of hydrogen-bond donors (Lipinski definition) is 2. The van der Waals surface area contributed by atoms with E-state index in [4.69, 9.17) is 9.47 Å². The summed E-state index contributed by atoms with van der Waals surface area (Å²) in [7, 11) is 1.81. The molecular formula is C15H31N3O2. The molecule has 118 valence electrons. The van der Waals surface area contributed by atoms with E-state index in [9.17, 15) is 0 Å². The van der Waals surface area contributed by atoms with Gasteiger partial charge in [0, 0.05) is 33.4 Å². The van der Waals surface area contributed by atoms with Crippen molar-refractivity contribution in [1.29, 1.82) is 0 Å². The highest BCUT2D eigenvalue weighted by Gasteiger charge is 2.15. The van der Waals surface area contributed by atoms with Crippen LogP contribution in [0.2, 0.25) is 0 Å². The van der Waals surface area contributed by atoms with Crippen LogP contribution in [0.25, 0.3) is 0 Å². The zero-order valence-corrected chi connectivity index (χ0v) is 13.3. The third kappa shape index (κ3) is 8.38. The van der Waals surface area contributed by atoms with Crippen LogP contribution in [0.3, 0.4) is 0 Å². The number of hydrogen-bond acceptors (Lipinski definition) is 3. The second-order valence-corrected chi connectivity index (χ2v) is 5.67. The first kappa shape index (κ1) is 17.2. The van der Waals surface area contributed by atoms with Crippen LogP contribution in [-0.4, -0.2) is 52.0 Å². The lowest BCUT2D eigenvalue weighted by Gasteiger charge is -2.13. The van der Waals surface area contributed by atoms with Gasteiger partial charge in [-0.2, -0.15) is 0 Å². The van der Waals surface area contributed by atoms with Crippen LogP contribution in [0, 0.1) is 5.92 Å². The maximum Gasteiger partial charge on any atom is 0.190 e. The molecule has 1 atom stereocenters. The van der Waals surface area contributed by atoms with Gasteiger partial charge in [0.2, 0.25) is 0 Å². The summed E-state index contributed by atoms with van der Waals surface area (Å²) in [4.78, 5) is 4.21. The highest BCUT2D eigenvalue weighted by Crippen LogP contribution is 2.07. The molecule has 0 aromatic rings. The van der Waals surface area contributed by atoms with E-state index in [1.54, 1.807) is 0 Å². The molecule has 0 amide bonds. The predicted molar refractivity (Wildman–Crippen MR) is 83.2 cm³/mol. The molecule has 1 aliphatic heterocycles. The molecule has 0 bridgehead atoms. The van der Waals surface area contributed by atoms with E-state index in [2.05, 4.69) is 29.5 Å². The van der Waals surface area contributed by atoms with Crippen molar-refractivity contribution in [3.8, 4) is 0 Å². The molecule has 5 nitrogen and oxygen atoms in total. The van der Waals surface area contributed by atoms with Crippen molar-refractivity contribution in [2.45, 2.75) is 45.6 Å². The summed E-state index contributed by atoms with van der Waals surface area (Å²) in [5.41, 5.74) is 0. The number of aliphatic imine (C=N–C) groups is 1. The van der Waals surface area contributed by atoms with Crippen LogP contribution in [0.15, 0.2) is 4.99 Å². The molecule has 0 aromatic carbocycles. The first-order valence-corrected chi connectivity index (χ1v) is 7.86. The molecule has 1 aliphatic rings. The number of rotatable bonds is 9. The summed E-state index contributed by atoms with van der Waals surface area (Å²) in [5.74, 6) is 1.65. The minimum absolute atomic E-state index is 0.309. The third-order valence-electron chi connectivity index (χ3n) is 3.33. The Hall–Kier alpha value is -0.810. The van der Waals surface area contributed by atoms with Crippen molar-refractivity contribution in [2.24, 2.45) is 10.9 Å². The van der Waals surface area contributed by atoms with Crippen molar-refractivity contribution in [1.82, 2.24) is 10.6 Å². The molecule has 1 rings (SSSR count). The standard InChI is InChI=1S/C15H31N3O2/c1-13(2)6-4-8-17-15(16-3)18-9-5-10-20-14-7-11-19-12-14/h13-14H,4-12H2,1-3H3,(H2,16,17,18). The second-order valence-electron chi connectivity index (χ2n) is 5.67. The Kier molecular flexibility index (Phi) is 9.41. The van der Waals surface area contributed by atoms with E-state index >= 15 is 0 Å². The Labute approximate surface area is 123 Å². The molecule has 0 saturated carbocycles. The van der Waals surface area contributed by atoms with Crippen LogP contribution < -0.4 is 10.6 Å². The molecule has 1 fully saturated rings. The molecule has 5 heteroatoms. The number of ether oxygens (including phenoxy) is 2. The van der Waals surface area contributed by atoms with Crippen LogP contribution in [-0.2, 0) is 9.47 Å². The maximum absolute atomic E-state index is 5.72. The molecule has 0 radical (unpaired) electrons. The summed E-state index contributed by atoms with van der Waals surface area (Å²) >= 11 is 0. The van der Waals surface area contributed by atoms with Crippen molar-refractivity contribution in [3.63, 3.8) is 0 Å². The Morgan fingerprint density at radius 3 is 2.65 bits per heavy atom. The zero-order valence-electron chi connectivity index (χ0n) is 13.3. The SMILES string of the molecule is CN=C(NCCCOC1CCOC1)NCCCC(C)C. The fraction of sp³-hybridized carbons (Fsp3) is 0.933. The van der Waals surface area contributed by atoms with Gasteiger partial charge in [0.05, 0.1) is 12.7 Å². The van der Waals surface area contributed by atoms with Gasteiger partial charge in [-0.1, -0.05) is 13.8 Å². The van der Waals surface area contributed by atoms with Gasteiger partial charge >= 0.3 is 0 Å². The van der Waals surface area contributed by atoms with Crippen LogP contribution in [0.1, 0.15) is 39.5 Å². The van der Waals surface area contributed by atoms with Gasteiger partial charge in [-0.15, -0.1) is 0 Å². The molecule has 1 saturated heterocycles. The van der Waals surface area contributed by atoms with E-state index in [1.165, 1.54) is 12.8 Å². The normalized spacial score (nSPS) is 19.6. The van der Waals surface area contributed by atoms with Gasteiger partial charge in [0.25, 0.3) is 0 Å². The summed E-state index contributed by atoms with van der Waals surface area (Å²) in [6, 6.07) is 0. The van der Waals surface area contributed by atoms with E-state index in [1.807, 2.05) is 7.05 Å². The van der Waals surface area contributed by atoms with Crippen LogP contribution >= 0.6 is 0 Å². The molecule has 0 aromatic heterocycles. The van der Waals surface area contributed by atoms with Crippen LogP contribution in [0.5, 0.6) is 0 Å². The largest absolute Gasteiger partial charge is 0.379 e. The third-order valence-corrected chi connectivity index (χ3v) is 3.33. The summed E-state index contributed by atoms with van der Waals surface area (Å²) in [5, 5.41) is 6.65. The van der Waals surface area contributed by atoms with Gasteiger partial charge in [0.1, 0.15) is 0 Å². The number of nitrogens with one attached hydrogen (secondary N) is 2. The van der Waals surface area contributed by atoms with Gasteiger partial charge in [0.15, 0.2) is 5.96 Å². The van der Waals surface area contributed by atoms with Gasteiger partial charge in [-0.3, -0.25) is 4.99 Å². The van der Waals surface area contributed by atoms with E-state index in [0.29, 0.717) is 6.10 Å². The van der Waals surface area contributed by atoms with Crippen molar-refractivity contribution in [2.75, 3.05) is 40.0 Å². The van der Waals surface area contributed by atoms with Crippen molar-refractivity contribution in [3.05, 3.63) is 0 Å². The predicted octanol–water partition coefficient (Wildman–Crippen LogP) is 1.78. The fourth-order valence-electron chi connectivity index (χ4n) is 2.11. The molecule has 0 aliphatic carbocycles. The first-order valence-electron chi connectivity index (χ1n) is 7.86. The Morgan fingerprint density at radius 1 is 1.30 bits per heavy atom. The minimum atomic E-state index is 0.309. The lowest BCUT2D eigenvalue weighted by molar-refractivity contribution is 0.0420. The monoisotopic (exact) mass is 285 g/mol. The van der Waals surface area contributed by atoms with E-state index < -0.39 is 0 Å². The van der Waals surface area contributed by atoms with Gasteiger partial charge in [-0.05, 0) is 31.6 Å². The lowest BCUT2D eigenvalue weighted by Crippen LogP contribution is -2.38. The van der Waals surface area contributed by atoms with Gasteiger partial charge in [-0.25, -0.2) is 0 Å². The summed E-state index contributed by atoms with van der Waals surface area (Å²) in [6.07, 6.45) is 4.77. The Bertz CT molecular complexity index is 264. The topological polar surface area (TPSA) is 54.9 Å². The number of guanidine groups is 1. The Balaban J connectivity index is 1.95. The quantitative estimate of drug-likeness (QED) is 0.385. The van der Waals surface area contributed by atoms with E-state index in [0.717, 1.165) is 57.6 Å². The molecule has 1 heterocycles. The smallest absolute Gasteiger partial charge is 0.190 e. The summed E-state index contributed by atoms with van der Waals surface area (Å²) < 4.78 is 11.0. The van der Waals surface area contributed by atoms with E-state index in [-0.39, 0.29) is 0 Å². The highest BCUT2D eigenvalue weighted by molar-refractivity contribution is 5.79. The molecule has 1 unspecified atom stereocenters. The number of nitrogens with zero attached hydrogens (tertiary/aromatic N) is 1. The average Bonchev–Trinajstić information content (AvgIpc) is 2.93. The average molecular weight is 285 g/mol. The zero-order chi connectivity index (χ0) is 14.6. The Morgan fingerprint density at radius 2 is 2.05 bits per heavy atom. The van der Waals surface area contributed by atoms with Gasteiger partial charge < -0.3 is 20.1 Å². The second kappa shape index (κ2) is 10.9. The molecule has 2 N–H and O–H groups in total. The van der Waals surface area contributed by atoms with Crippen molar-refractivity contribution < 1.29 is 9.47 Å². The molecule has 20 heavy (non-hydrogen) atoms. The minimum Gasteiger partial charge on any atom is -0.379 e. The van der Waals surface area contributed by atoms with Crippen LogP contribution in [0.4, 0.5) is 0 Å².